The standard InChI is InChI=1S/C14H20N2O2/c1-16(2)14(17)7-9-18-12-6-5-11-4-3-8-15-13(11)10-12/h5-6,10,15H,3-4,7-9H2,1-2H3. The molecule has 0 saturated carbocycles. The number of hydrogen-bond donors (Lipinski definition) is 1. The van der Waals surface area contributed by atoms with E-state index in [0.29, 0.717) is 13.0 Å². The fourth-order valence-electron chi connectivity index (χ4n) is 2.01. The zero-order valence-corrected chi connectivity index (χ0v) is 11.0. The number of anilines is 1. The molecule has 0 radical (unpaired) electrons. The van der Waals surface area contributed by atoms with Crippen LogP contribution in [0.3, 0.4) is 0 Å². The third-order valence-electron chi connectivity index (χ3n) is 3.10. The van der Waals surface area contributed by atoms with Gasteiger partial charge in [-0.05, 0) is 24.5 Å². The fraction of sp³-hybridized carbons (Fsp3) is 0.500. The first kappa shape index (κ1) is 12.7. The molecule has 0 aromatic heterocycles. The van der Waals surface area contributed by atoms with Crippen LogP contribution < -0.4 is 10.1 Å². The minimum Gasteiger partial charge on any atom is -0.493 e. The van der Waals surface area contributed by atoms with Crippen LogP contribution in [-0.2, 0) is 11.2 Å². The number of carbonyl (C=O) groups is 1. The number of nitrogens with one attached hydrogen (secondary N) is 1. The number of rotatable bonds is 4. The summed E-state index contributed by atoms with van der Waals surface area (Å²) >= 11 is 0. The van der Waals surface area contributed by atoms with Gasteiger partial charge in [-0.2, -0.15) is 0 Å². The molecule has 4 heteroatoms. The molecule has 4 nitrogen and oxygen atoms in total. The zero-order chi connectivity index (χ0) is 13.0. The molecule has 1 amide bonds. The van der Waals surface area contributed by atoms with Crippen LogP contribution in [0.4, 0.5) is 5.69 Å². The van der Waals surface area contributed by atoms with E-state index in [2.05, 4.69) is 11.4 Å². The summed E-state index contributed by atoms with van der Waals surface area (Å²) in [5.74, 6) is 0.917. The van der Waals surface area contributed by atoms with Crippen molar-refractivity contribution in [3.05, 3.63) is 23.8 Å². The molecular formula is C14H20N2O2. The van der Waals surface area contributed by atoms with E-state index in [1.54, 1.807) is 19.0 Å². The highest BCUT2D eigenvalue weighted by Gasteiger charge is 2.09. The Bertz CT molecular complexity index is 430. The van der Waals surface area contributed by atoms with Crippen LogP contribution in [0.5, 0.6) is 5.75 Å². The molecular weight excluding hydrogens is 228 g/mol. The van der Waals surface area contributed by atoms with Gasteiger partial charge in [-0.25, -0.2) is 0 Å². The molecule has 1 aliphatic heterocycles. The second-order valence-corrected chi connectivity index (χ2v) is 4.74. The van der Waals surface area contributed by atoms with Crippen molar-refractivity contribution in [2.24, 2.45) is 0 Å². The Kier molecular flexibility index (Phi) is 4.07. The van der Waals surface area contributed by atoms with E-state index in [1.807, 2.05) is 12.1 Å². The average Bonchev–Trinajstić information content (AvgIpc) is 2.38. The van der Waals surface area contributed by atoms with Crippen molar-refractivity contribution in [1.82, 2.24) is 4.90 Å². The molecule has 1 heterocycles. The Morgan fingerprint density at radius 3 is 3.06 bits per heavy atom. The lowest BCUT2D eigenvalue weighted by Crippen LogP contribution is -2.23. The summed E-state index contributed by atoms with van der Waals surface area (Å²) in [6.07, 6.45) is 2.73. The van der Waals surface area contributed by atoms with Gasteiger partial charge >= 0.3 is 0 Å². The molecule has 1 N–H and O–H groups in total. The Morgan fingerprint density at radius 1 is 1.44 bits per heavy atom. The van der Waals surface area contributed by atoms with Crippen molar-refractivity contribution < 1.29 is 9.53 Å². The third kappa shape index (κ3) is 3.15. The van der Waals surface area contributed by atoms with E-state index in [0.717, 1.165) is 24.4 Å². The predicted molar refractivity (Wildman–Crippen MR) is 72.1 cm³/mol. The van der Waals surface area contributed by atoms with E-state index in [-0.39, 0.29) is 5.91 Å². The summed E-state index contributed by atoms with van der Waals surface area (Å²) in [6, 6.07) is 6.10. The topological polar surface area (TPSA) is 41.6 Å². The lowest BCUT2D eigenvalue weighted by Gasteiger charge is -2.19. The van der Waals surface area contributed by atoms with Gasteiger partial charge in [0.1, 0.15) is 5.75 Å². The van der Waals surface area contributed by atoms with Gasteiger partial charge in [0.05, 0.1) is 13.0 Å². The number of benzene rings is 1. The van der Waals surface area contributed by atoms with Crippen molar-refractivity contribution in [2.75, 3.05) is 32.6 Å². The number of aryl methyl sites for hydroxylation is 1. The number of ether oxygens (including phenoxy) is 1. The van der Waals surface area contributed by atoms with Crippen LogP contribution in [0.25, 0.3) is 0 Å². The lowest BCUT2D eigenvalue weighted by molar-refractivity contribution is -0.129. The summed E-state index contributed by atoms with van der Waals surface area (Å²) in [7, 11) is 3.51. The minimum absolute atomic E-state index is 0.0890. The van der Waals surface area contributed by atoms with Crippen LogP contribution >= 0.6 is 0 Å². The first-order chi connectivity index (χ1) is 8.66. The number of carbonyl (C=O) groups excluding carboxylic acids is 1. The van der Waals surface area contributed by atoms with E-state index in [1.165, 1.54) is 12.0 Å². The minimum atomic E-state index is 0.0890. The van der Waals surface area contributed by atoms with E-state index < -0.39 is 0 Å². The van der Waals surface area contributed by atoms with Crippen molar-refractivity contribution in [2.45, 2.75) is 19.3 Å². The van der Waals surface area contributed by atoms with Gasteiger partial charge in [0.25, 0.3) is 0 Å². The normalized spacial score (nSPS) is 13.4. The smallest absolute Gasteiger partial charge is 0.225 e. The number of nitrogens with zero attached hydrogens (tertiary/aromatic N) is 1. The van der Waals surface area contributed by atoms with Gasteiger partial charge < -0.3 is 15.0 Å². The van der Waals surface area contributed by atoms with Gasteiger partial charge in [0, 0.05) is 32.4 Å². The van der Waals surface area contributed by atoms with Crippen molar-refractivity contribution in [1.29, 1.82) is 0 Å². The molecule has 0 bridgehead atoms. The predicted octanol–water partition coefficient (Wildman–Crippen LogP) is 1.90. The maximum Gasteiger partial charge on any atom is 0.225 e. The fourth-order valence-corrected chi connectivity index (χ4v) is 2.01. The molecule has 0 saturated heterocycles. The first-order valence-electron chi connectivity index (χ1n) is 6.36. The summed E-state index contributed by atoms with van der Waals surface area (Å²) < 4.78 is 5.61. The van der Waals surface area contributed by atoms with Gasteiger partial charge in [-0.15, -0.1) is 0 Å². The Morgan fingerprint density at radius 2 is 2.28 bits per heavy atom. The van der Waals surface area contributed by atoms with Gasteiger partial charge in [-0.3, -0.25) is 4.79 Å². The van der Waals surface area contributed by atoms with Crippen molar-refractivity contribution in [3.63, 3.8) is 0 Å². The highest BCUT2D eigenvalue weighted by Crippen LogP contribution is 2.26. The molecule has 0 aliphatic carbocycles. The Balaban J connectivity index is 1.88. The van der Waals surface area contributed by atoms with Crippen LogP contribution in [0.15, 0.2) is 18.2 Å². The highest BCUT2D eigenvalue weighted by atomic mass is 16.5. The molecule has 1 aromatic rings. The van der Waals surface area contributed by atoms with Crippen molar-refractivity contribution in [3.8, 4) is 5.75 Å². The number of amides is 1. The second kappa shape index (κ2) is 5.76. The first-order valence-corrected chi connectivity index (χ1v) is 6.36. The maximum atomic E-state index is 11.4. The Hall–Kier alpha value is -1.71. The molecule has 18 heavy (non-hydrogen) atoms. The summed E-state index contributed by atoms with van der Waals surface area (Å²) in [5.41, 5.74) is 2.51. The lowest BCUT2D eigenvalue weighted by atomic mass is 10.0. The quantitative estimate of drug-likeness (QED) is 0.885. The molecule has 0 spiro atoms. The average molecular weight is 248 g/mol. The summed E-state index contributed by atoms with van der Waals surface area (Å²) in [6.45, 7) is 1.45. The molecule has 1 aromatic carbocycles. The molecule has 0 fully saturated rings. The number of hydrogen-bond acceptors (Lipinski definition) is 3. The van der Waals surface area contributed by atoms with E-state index >= 15 is 0 Å². The molecule has 98 valence electrons. The summed E-state index contributed by atoms with van der Waals surface area (Å²) in [5, 5.41) is 3.37. The van der Waals surface area contributed by atoms with Crippen LogP contribution in [0, 0.1) is 0 Å². The van der Waals surface area contributed by atoms with E-state index in [4.69, 9.17) is 4.74 Å². The second-order valence-electron chi connectivity index (χ2n) is 4.74. The molecule has 0 unspecified atom stereocenters. The van der Waals surface area contributed by atoms with Gasteiger partial charge in [0.15, 0.2) is 0 Å². The number of fused-ring (bicyclic) bond motifs is 1. The molecule has 1 aliphatic rings. The van der Waals surface area contributed by atoms with E-state index in [9.17, 15) is 4.79 Å². The zero-order valence-electron chi connectivity index (χ0n) is 11.0. The third-order valence-corrected chi connectivity index (χ3v) is 3.10. The van der Waals surface area contributed by atoms with Crippen LogP contribution in [0.1, 0.15) is 18.4 Å². The van der Waals surface area contributed by atoms with Crippen LogP contribution in [0.2, 0.25) is 0 Å². The van der Waals surface area contributed by atoms with Crippen molar-refractivity contribution >= 4 is 11.6 Å². The Labute approximate surface area is 108 Å². The van der Waals surface area contributed by atoms with Gasteiger partial charge in [0.2, 0.25) is 5.91 Å². The largest absolute Gasteiger partial charge is 0.493 e. The highest BCUT2D eigenvalue weighted by molar-refractivity contribution is 5.75. The molecule has 2 rings (SSSR count). The SMILES string of the molecule is CN(C)C(=O)CCOc1ccc2c(c1)NCCC2. The maximum absolute atomic E-state index is 11.4. The molecule has 0 atom stereocenters. The van der Waals surface area contributed by atoms with Crippen LogP contribution in [-0.4, -0.2) is 38.1 Å². The van der Waals surface area contributed by atoms with Gasteiger partial charge in [-0.1, -0.05) is 6.07 Å². The summed E-state index contributed by atoms with van der Waals surface area (Å²) in [4.78, 5) is 13.0. The monoisotopic (exact) mass is 248 g/mol.